The van der Waals surface area contributed by atoms with Gasteiger partial charge in [-0.3, -0.25) is 9.59 Å². The van der Waals surface area contributed by atoms with Crippen molar-refractivity contribution in [3.05, 3.63) is 0 Å². The van der Waals surface area contributed by atoms with E-state index in [0.717, 1.165) is 32.1 Å². The van der Waals surface area contributed by atoms with E-state index in [-0.39, 0.29) is 25.2 Å². The molecule has 0 aliphatic rings. The lowest BCUT2D eigenvalue weighted by molar-refractivity contribution is -0.161. The van der Waals surface area contributed by atoms with Crippen LogP contribution in [0.3, 0.4) is 0 Å². The molecular weight excluding hydrogens is 428 g/mol. The first-order valence-corrected chi connectivity index (χ1v) is 14.6. The normalized spacial score (nSPS) is 12.0. The van der Waals surface area contributed by atoms with E-state index in [1.165, 1.54) is 96.3 Å². The fraction of sp³-hybridized carbons (Fsp3) is 0.931. The summed E-state index contributed by atoms with van der Waals surface area (Å²) in [6.45, 7) is 4.08. The summed E-state index contributed by atoms with van der Waals surface area (Å²) >= 11 is 0. The second-order valence-corrected chi connectivity index (χ2v) is 9.84. The highest BCUT2D eigenvalue weighted by atomic mass is 16.6. The summed E-state index contributed by atoms with van der Waals surface area (Å²) < 4.78 is 10.5. The lowest BCUT2D eigenvalue weighted by atomic mass is 10.0. The summed E-state index contributed by atoms with van der Waals surface area (Å²) in [6.07, 6.45) is 24.4. The van der Waals surface area contributed by atoms with Crippen LogP contribution < -0.4 is 0 Å². The van der Waals surface area contributed by atoms with E-state index in [2.05, 4.69) is 13.8 Å². The number of aliphatic hydroxyl groups excluding tert-OH is 1. The van der Waals surface area contributed by atoms with Gasteiger partial charge in [-0.25, -0.2) is 0 Å². The van der Waals surface area contributed by atoms with Crippen LogP contribution in [0.2, 0.25) is 0 Å². The molecule has 0 amide bonds. The molecule has 0 rings (SSSR count). The highest BCUT2D eigenvalue weighted by Gasteiger charge is 2.16. The molecule has 1 atom stereocenters. The molecule has 34 heavy (non-hydrogen) atoms. The Morgan fingerprint density at radius 3 is 1.29 bits per heavy atom. The zero-order valence-electron chi connectivity index (χ0n) is 22.6. The minimum Gasteiger partial charge on any atom is -0.462 e. The van der Waals surface area contributed by atoms with Crippen molar-refractivity contribution in [1.29, 1.82) is 0 Å². The minimum atomic E-state index is -0.757. The number of esters is 2. The van der Waals surface area contributed by atoms with Gasteiger partial charge in [0.05, 0.1) is 6.61 Å². The van der Waals surface area contributed by atoms with Gasteiger partial charge in [0.2, 0.25) is 0 Å². The van der Waals surface area contributed by atoms with Crippen molar-refractivity contribution >= 4 is 11.9 Å². The average Bonchev–Trinajstić information content (AvgIpc) is 2.84. The van der Waals surface area contributed by atoms with Crippen molar-refractivity contribution in [2.24, 2.45) is 0 Å². The number of ether oxygens (including phenoxy) is 2. The zero-order chi connectivity index (χ0) is 25.1. The van der Waals surface area contributed by atoms with Crippen LogP contribution in [-0.2, 0) is 19.1 Å². The third kappa shape index (κ3) is 24.0. The molecule has 0 bridgehead atoms. The Morgan fingerprint density at radius 1 is 0.559 bits per heavy atom. The molecule has 0 unspecified atom stereocenters. The van der Waals surface area contributed by atoms with E-state index >= 15 is 0 Å². The van der Waals surface area contributed by atoms with E-state index < -0.39 is 6.10 Å². The molecule has 0 radical (unpaired) electrons. The summed E-state index contributed by atoms with van der Waals surface area (Å²) in [7, 11) is 0. The van der Waals surface area contributed by atoms with Gasteiger partial charge >= 0.3 is 11.9 Å². The maximum atomic E-state index is 12.0. The Kier molecular flexibility index (Phi) is 25.6. The molecule has 0 aromatic heterocycles. The van der Waals surface area contributed by atoms with Crippen LogP contribution in [0.15, 0.2) is 0 Å². The summed E-state index contributed by atoms with van der Waals surface area (Å²) in [6, 6.07) is 0. The van der Waals surface area contributed by atoms with E-state index in [0.29, 0.717) is 12.8 Å². The molecule has 0 spiro atoms. The Bertz CT molecular complexity index is 452. The predicted octanol–water partition coefficient (Wildman–Crippen LogP) is 8.06. The van der Waals surface area contributed by atoms with Crippen molar-refractivity contribution in [3.8, 4) is 0 Å². The molecular formula is C29H56O5. The summed E-state index contributed by atoms with van der Waals surface area (Å²) in [5.74, 6) is -0.591. The summed E-state index contributed by atoms with van der Waals surface area (Å²) in [4.78, 5) is 23.9. The lowest BCUT2D eigenvalue weighted by Gasteiger charge is -2.15. The topological polar surface area (TPSA) is 72.8 Å². The van der Waals surface area contributed by atoms with E-state index in [1.807, 2.05) is 0 Å². The average molecular weight is 485 g/mol. The molecule has 0 heterocycles. The zero-order valence-corrected chi connectivity index (χ0v) is 22.6. The Labute approximate surface area is 210 Å². The van der Waals surface area contributed by atoms with Crippen molar-refractivity contribution in [3.63, 3.8) is 0 Å². The van der Waals surface area contributed by atoms with Crippen LogP contribution in [0.5, 0.6) is 0 Å². The molecule has 0 saturated heterocycles. The van der Waals surface area contributed by atoms with Crippen LogP contribution in [0, 0.1) is 0 Å². The number of hydrogen-bond acceptors (Lipinski definition) is 5. The van der Waals surface area contributed by atoms with Crippen LogP contribution in [-0.4, -0.2) is 36.4 Å². The molecule has 1 N–H and O–H groups in total. The van der Waals surface area contributed by atoms with Gasteiger partial charge in [-0.05, 0) is 12.8 Å². The standard InChI is InChI=1S/C29H56O5/c1-3-5-7-9-11-13-14-15-16-18-19-21-23-28(31)33-26-27(25-30)34-29(32)24-22-20-17-12-10-8-6-4-2/h27,30H,3-26H2,1-2H3/t27-/m0/s1. The van der Waals surface area contributed by atoms with Crippen LogP contribution >= 0.6 is 0 Å². The maximum Gasteiger partial charge on any atom is 0.306 e. The number of carbonyl (C=O) groups is 2. The number of carbonyl (C=O) groups excluding carboxylic acids is 2. The van der Waals surface area contributed by atoms with Crippen LogP contribution in [0.1, 0.15) is 155 Å². The largest absolute Gasteiger partial charge is 0.462 e. The fourth-order valence-electron chi connectivity index (χ4n) is 4.14. The summed E-state index contributed by atoms with van der Waals surface area (Å²) in [5.41, 5.74) is 0. The number of rotatable bonds is 26. The first-order chi connectivity index (χ1) is 16.6. The molecule has 5 heteroatoms. The fourth-order valence-corrected chi connectivity index (χ4v) is 4.14. The highest BCUT2D eigenvalue weighted by molar-refractivity contribution is 5.70. The van der Waals surface area contributed by atoms with Gasteiger partial charge in [0.1, 0.15) is 6.61 Å². The quantitative estimate of drug-likeness (QED) is 0.0992. The second-order valence-electron chi connectivity index (χ2n) is 9.84. The van der Waals surface area contributed by atoms with Gasteiger partial charge in [-0.15, -0.1) is 0 Å². The minimum absolute atomic E-state index is 0.0588. The molecule has 5 nitrogen and oxygen atoms in total. The molecule has 0 aromatic carbocycles. The molecule has 0 aromatic rings. The molecule has 0 aliphatic carbocycles. The first kappa shape index (κ1) is 32.9. The number of aliphatic hydroxyl groups is 1. The predicted molar refractivity (Wildman–Crippen MR) is 141 cm³/mol. The smallest absolute Gasteiger partial charge is 0.306 e. The van der Waals surface area contributed by atoms with Gasteiger partial charge in [0.15, 0.2) is 6.10 Å². The van der Waals surface area contributed by atoms with Gasteiger partial charge in [-0.1, -0.05) is 129 Å². The SMILES string of the molecule is CCCCCCCCCCCCCCC(=O)OC[C@H](CO)OC(=O)CCCCCCCCCC. The monoisotopic (exact) mass is 484 g/mol. The summed E-state index contributed by atoms with van der Waals surface area (Å²) in [5, 5.41) is 9.42. The van der Waals surface area contributed by atoms with Gasteiger partial charge in [0.25, 0.3) is 0 Å². The third-order valence-electron chi connectivity index (χ3n) is 6.40. The Hall–Kier alpha value is -1.10. The van der Waals surface area contributed by atoms with E-state index in [1.54, 1.807) is 0 Å². The second kappa shape index (κ2) is 26.5. The third-order valence-corrected chi connectivity index (χ3v) is 6.40. The van der Waals surface area contributed by atoms with Crippen LogP contribution in [0.4, 0.5) is 0 Å². The number of unbranched alkanes of at least 4 members (excludes halogenated alkanes) is 18. The van der Waals surface area contributed by atoms with Crippen molar-refractivity contribution in [2.75, 3.05) is 13.2 Å². The Balaban J connectivity index is 3.57. The van der Waals surface area contributed by atoms with Crippen LogP contribution in [0.25, 0.3) is 0 Å². The lowest BCUT2D eigenvalue weighted by Crippen LogP contribution is -2.28. The molecule has 0 fully saturated rings. The van der Waals surface area contributed by atoms with E-state index in [4.69, 9.17) is 9.47 Å². The molecule has 202 valence electrons. The molecule has 0 saturated carbocycles. The van der Waals surface area contributed by atoms with E-state index in [9.17, 15) is 14.7 Å². The van der Waals surface area contributed by atoms with Gasteiger partial charge < -0.3 is 14.6 Å². The maximum absolute atomic E-state index is 12.0. The highest BCUT2D eigenvalue weighted by Crippen LogP contribution is 2.13. The first-order valence-electron chi connectivity index (χ1n) is 14.6. The van der Waals surface area contributed by atoms with Crippen molar-refractivity contribution in [2.45, 2.75) is 161 Å². The van der Waals surface area contributed by atoms with Crippen molar-refractivity contribution < 1.29 is 24.2 Å². The van der Waals surface area contributed by atoms with Gasteiger partial charge in [-0.2, -0.15) is 0 Å². The number of hydrogen-bond donors (Lipinski definition) is 1. The van der Waals surface area contributed by atoms with Crippen molar-refractivity contribution in [1.82, 2.24) is 0 Å². The van der Waals surface area contributed by atoms with Gasteiger partial charge in [0, 0.05) is 12.8 Å². The Morgan fingerprint density at radius 2 is 0.912 bits per heavy atom. The molecule has 0 aliphatic heterocycles.